The number of fused-ring (bicyclic) bond motifs is 1. The van der Waals surface area contributed by atoms with Crippen molar-refractivity contribution in [3.63, 3.8) is 0 Å². The number of benzene rings is 1. The molecule has 28 heavy (non-hydrogen) atoms. The van der Waals surface area contributed by atoms with Gasteiger partial charge in [-0.3, -0.25) is 14.0 Å². The van der Waals surface area contributed by atoms with Crippen molar-refractivity contribution in [1.82, 2.24) is 19.5 Å². The minimum absolute atomic E-state index is 0.0472. The average molecular weight is 379 g/mol. The molecule has 0 atom stereocenters. The largest absolute Gasteiger partial charge is 0.484 e. The minimum Gasteiger partial charge on any atom is -0.484 e. The molecule has 0 radical (unpaired) electrons. The first-order valence-corrected chi connectivity index (χ1v) is 9.22. The number of rotatable bonds is 5. The normalized spacial score (nSPS) is 14.9. The van der Waals surface area contributed by atoms with Crippen LogP contribution in [-0.2, 0) is 4.79 Å². The number of carbonyl (C=O) groups excluding carboxylic acids is 2. The van der Waals surface area contributed by atoms with E-state index in [1.54, 1.807) is 24.3 Å². The average Bonchev–Trinajstić information content (AvgIpc) is 3.16. The van der Waals surface area contributed by atoms with Gasteiger partial charge in [0.05, 0.1) is 0 Å². The molecule has 4 rings (SSSR count). The molecule has 0 bridgehead atoms. The molecule has 1 aliphatic heterocycles. The van der Waals surface area contributed by atoms with Gasteiger partial charge in [-0.15, -0.1) is 10.2 Å². The van der Waals surface area contributed by atoms with Crippen molar-refractivity contribution in [2.75, 3.05) is 19.7 Å². The quantitative estimate of drug-likeness (QED) is 0.725. The van der Waals surface area contributed by atoms with Gasteiger partial charge in [0, 0.05) is 30.8 Å². The van der Waals surface area contributed by atoms with E-state index in [2.05, 4.69) is 10.2 Å². The van der Waals surface area contributed by atoms with E-state index in [0.29, 0.717) is 24.4 Å². The molecule has 2 aromatic heterocycles. The molecule has 2 N–H and O–H groups in total. The molecule has 0 aliphatic carbocycles. The highest BCUT2D eigenvalue weighted by Crippen LogP contribution is 2.28. The van der Waals surface area contributed by atoms with Crippen LogP contribution in [0.25, 0.3) is 5.65 Å². The van der Waals surface area contributed by atoms with E-state index >= 15 is 0 Å². The Kier molecular flexibility index (Phi) is 4.92. The van der Waals surface area contributed by atoms with Gasteiger partial charge in [0.25, 0.3) is 11.8 Å². The maximum Gasteiger partial charge on any atom is 0.255 e. The van der Waals surface area contributed by atoms with Crippen LogP contribution in [0.2, 0.25) is 0 Å². The Bertz CT molecular complexity index is 1010. The molecule has 8 nitrogen and oxygen atoms in total. The molecule has 3 aromatic rings. The van der Waals surface area contributed by atoms with Gasteiger partial charge in [0.2, 0.25) is 0 Å². The summed E-state index contributed by atoms with van der Waals surface area (Å²) in [6.45, 7) is 1.09. The van der Waals surface area contributed by atoms with E-state index in [1.807, 2.05) is 33.7 Å². The first kappa shape index (κ1) is 18.0. The lowest BCUT2D eigenvalue weighted by atomic mass is 9.95. The van der Waals surface area contributed by atoms with Gasteiger partial charge >= 0.3 is 0 Å². The molecule has 1 aliphatic rings. The molecule has 3 heterocycles. The Balaban J connectivity index is 1.41. The number of ether oxygens (including phenoxy) is 1. The fourth-order valence-corrected chi connectivity index (χ4v) is 3.54. The van der Waals surface area contributed by atoms with E-state index in [0.717, 1.165) is 24.3 Å². The summed E-state index contributed by atoms with van der Waals surface area (Å²) in [7, 11) is 0. The Labute approximate surface area is 161 Å². The molecule has 1 aromatic carbocycles. The van der Waals surface area contributed by atoms with Crippen molar-refractivity contribution in [2.45, 2.75) is 18.8 Å². The van der Waals surface area contributed by atoms with Crippen molar-refractivity contribution in [1.29, 1.82) is 0 Å². The summed E-state index contributed by atoms with van der Waals surface area (Å²) in [6.07, 6.45) is 3.64. The Morgan fingerprint density at radius 2 is 1.93 bits per heavy atom. The number of primary amides is 1. The van der Waals surface area contributed by atoms with Crippen molar-refractivity contribution in [2.24, 2.45) is 5.73 Å². The summed E-state index contributed by atoms with van der Waals surface area (Å²) in [4.78, 5) is 25.5. The number of hydrogen-bond donors (Lipinski definition) is 1. The monoisotopic (exact) mass is 379 g/mol. The maximum absolute atomic E-state index is 12.8. The van der Waals surface area contributed by atoms with E-state index in [9.17, 15) is 9.59 Å². The second-order valence-corrected chi connectivity index (χ2v) is 6.84. The van der Waals surface area contributed by atoms with Crippen LogP contribution in [0.1, 0.15) is 34.9 Å². The number of pyridine rings is 1. The number of likely N-dealkylation sites (tertiary alicyclic amines) is 1. The number of nitrogens with two attached hydrogens (primary N) is 1. The SMILES string of the molecule is NC(=O)COc1cccc(C(=O)N2CCC(c3nnc4ccccn34)CC2)c1. The smallest absolute Gasteiger partial charge is 0.255 e. The van der Waals surface area contributed by atoms with Crippen LogP contribution in [-0.4, -0.2) is 51.0 Å². The lowest BCUT2D eigenvalue weighted by Gasteiger charge is -2.31. The van der Waals surface area contributed by atoms with Crippen LogP contribution in [0.4, 0.5) is 0 Å². The maximum atomic E-state index is 12.8. The van der Waals surface area contributed by atoms with Crippen LogP contribution in [0.5, 0.6) is 5.75 Å². The van der Waals surface area contributed by atoms with Gasteiger partial charge in [0.1, 0.15) is 11.6 Å². The molecule has 1 saturated heterocycles. The molecular weight excluding hydrogens is 358 g/mol. The Morgan fingerprint density at radius 1 is 1.11 bits per heavy atom. The summed E-state index contributed by atoms with van der Waals surface area (Å²) in [5.74, 6) is 1.07. The van der Waals surface area contributed by atoms with Gasteiger partial charge < -0.3 is 15.4 Å². The second-order valence-electron chi connectivity index (χ2n) is 6.84. The summed E-state index contributed by atoms with van der Waals surface area (Å²) < 4.78 is 7.30. The third kappa shape index (κ3) is 3.66. The van der Waals surface area contributed by atoms with Crippen LogP contribution in [0.3, 0.4) is 0 Å². The van der Waals surface area contributed by atoms with Crippen LogP contribution < -0.4 is 10.5 Å². The number of aromatic nitrogens is 3. The third-order valence-corrected chi connectivity index (χ3v) is 4.95. The molecule has 0 spiro atoms. The predicted octanol–water partition coefficient (Wildman–Crippen LogP) is 1.61. The third-order valence-electron chi connectivity index (χ3n) is 4.95. The highest BCUT2D eigenvalue weighted by atomic mass is 16.5. The molecule has 0 unspecified atom stereocenters. The zero-order chi connectivity index (χ0) is 19.5. The van der Waals surface area contributed by atoms with Crippen molar-refractivity contribution < 1.29 is 14.3 Å². The minimum atomic E-state index is -0.556. The summed E-state index contributed by atoms with van der Waals surface area (Å²) in [5, 5.41) is 8.57. The highest BCUT2D eigenvalue weighted by Gasteiger charge is 2.27. The van der Waals surface area contributed by atoms with Crippen LogP contribution in [0.15, 0.2) is 48.7 Å². The Hall–Kier alpha value is -3.42. The van der Waals surface area contributed by atoms with Gasteiger partial charge in [-0.2, -0.15) is 0 Å². The fourth-order valence-electron chi connectivity index (χ4n) is 3.54. The van der Waals surface area contributed by atoms with Gasteiger partial charge in [-0.1, -0.05) is 12.1 Å². The first-order chi connectivity index (χ1) is 13.6. The first-order valence-electron chi connectivity index (χ1n) is 9.22. The van der Waals surface area contributed by atoms with Gasteiger partial charge in [-0.25, -0.2) is 0 Å². The van der Waals surface area contributed by atoms with Crippen LogP contribution >= 0.6 is 0 Å². The lowest BCUT2D eigenvalue weighted by molar-refractivity contribution is -0.119. The summed E-state index contributed by atoms with van der Waals surface area (Å²) in [5.41, 5.74) is 6.46. The highest BCUT2D eigenvalue weighted by molar-refractivity contribution is 5.94. The van der Waals surface area contributed by atoms with E-state index in [4.69, 9.17) is 10.5 Å². The van der Waals surface area contributed by atoms with E-state index in [1.165, 1.54) is 0 Å². The van der Waals surface area contributed by atoms with Crippen molar-refractivity contribution in [3.05, 3.63) is 60.0 Å². The standard InChI is InChI=1S/C20H21N5O3/c21-17(26)13-28-16-5-3-4-15(12-16)20(27)24-10-7-14(8-11-24)19-23-22-18-6-1-2-9-25(18)19/h1-6,9,12,14H,7-8,10-11,13H2,(H2,21,26). The molecule has 144 valence electrons. The topological polar surface area (TPSA) is 103 Å². The van der Waals surface area contributed by atoms with Gasteiger partial charge in [0.15, 0.2) is 12.3 Å². The molecular formula is C20H21N5O3. The van der Waals surface area contributed by atoms with Gasteiger partial charge in [-0.05, 0) is 43.2 Å². The molecule has 8 heteroatoms. The zero-order valence-corrected chi connectivity index (χ0v) is 15.3. The number of nitrogens with zero attached hydrogens (tertiary/aromatic N) is 4. The number of hydrogen-bond acceptors (Lipinski definition) is 5. The summed E-state index contributed by atoms with van der Waals surface area (Å²) >= 11 is 0. The van der Waals surface area contributed by atoms with Crippen molar-refractivity contribution >= 4 is 17.5 Å². The van der Waals surface area contributed by atoms with E-state index < -0.39 is 5.91 Å². The number of carbonyl (C=O) groups is 2. The number of piperidine rings is 1. The molecule has 1 fully saturated rings. The van der Waals surface area contributed by atoms with Crippen LogP contribution in [0, 0.1) is 0 Å². The number of amides is 2. The lowest BCUT2D eigenvalue weighted by Crippen LogP contribution is -2.38. The second kappa shape index (κ2) is 7.67. The fraction of sp³-hybridized carbons (Fsp3) is 0.300. The Morgan fingerprint density at radius 3 is 2.71 bits per heavy atom. The molecule has 2 amide bonds. The summed E-state index contributed by atoms with van der Waals surface area (Å²) in [6, 6.07) is 12.7. The zero-order valence-electron chi connectivity index (χ0n) is 15.3. The molecule has 0 saturated carbocycles. The predicted molar refractivity (Wildman–Crippen MR) is 102 cm³/mol. The van der Waals surface area contributed by atoms with Crippen molar-refractivity contribution in [3.8, 4) is 5.75 Å². The van der Waals surface area contributed by atoms with E-state index in [-0.39, 0.29) is 18.4 Å².